The van der Waals surface area contributed by atoms with E-state index in [0.717, 1.165) is 30.8 Å². The van der Waals surface area contributed by atoms with Gasteiger partial charge in [0.25, 0.3) is 0 Å². The summed E-state index contributed by atoms with van der Waals surface area (Å²) in [6.45, 7) is 4.86. The van der Waals surface area contributed by atoms with E-state index in [0.29, 0.717) is 0 Å². The molecule has 1 fully saturated rings. The number of nitrogens with two attached hydrogens (primary N) is 1. The molecule has 2 unspecified atom stereocenters. The zero-order chi connectivity index (χ0) is 13.0. The summed E-state index contributed by atoms with van der Waals surface area (Å²) in [7, 11) is 0. The Morgan fingerprint density at radius 1 is 1.39 bits per heavy atom. The van der Waals surface area contributed by atoms with E-state index >= 15 is 0 Å². The van der Waals surface area contributed by atoms with E-state index in [1.807, 2.05) is 38.1 Å². The Kier molecular flexibility index (Phi) is 4.58. The Hall–Kier alpha value is -1.10. The molecule has 4 heteroatoms. The van der Waals surface area contributed by atoms with Crippen LogP contribution in [0.1, 0.15) is 38.3 Å². The summed E-state index contributed by atoms with van der Waals surface area (Å²) in [6.07, 6.45) is 2.40. The third kappa shape index (κ3) is 3.02. The second-order valence-corrected chi connectivity index (χ2v) is 4.90. The summed E-state index contributed by atoms with van der Waals surface area (Å²) in [4.78, 5) is 0. The Balaban J connectivity index is 2.23. The molecule has 2 rings (SSSR count). The van der Waals surface area contributed by atoms with Crippen molar-refractivity contribution >= 4 is 0 Å². The van der Waals surface area contributed by atoms with Crippen LogP contribution in [0.4, 0.5) is 0 Å². The molecule has 2 atom stereocenters. The molecule has 18 heavy (non-hydrogen) atoms. The van der Waals surface area contributed by atoms with Crippen LogP contribution in [0.25, 0.3) is 0 Å². The molecule has 1 aromatic rings. The van der Waals surface area contributed by atoms with Gasteiger partial charge in [-0.25, -0.2) is 0 Å². The van der Waals surface area contributed by atoms with Gasteiger partial charge in [0.2, 0.25) is 0 Å². The van der Waals surface area contributed by atoms with Crippen LogP contribution in [-0.2, 0) is 4.74 Å². The van der Waals surface area contributed by atoms with Crippen molar-refractivity contribution in [1.82, 2.24) is 5.43 Å². The van der Waals surface area contributed by atoms with Gasteiger partial charge in [0.05, 0.1) is 18.2 Å². The number of hydrazine groups is 1. The molecule has 0 saturated carbocycles. The number of hydrogen-bond acceptors (Lipinski definition) is 4. The molecule has 1 saturated heterocycles. The molecule has 1 aromatic carbocycles. The lowest BCUT2D eigenvalue weighted by Gasteiger charge is -2.25. The predicted octanol–water partition coefficient (Wildman–Crippen LogP) is 2.16. The largest absolute Gasteiger partial charge is 0.491 e. The molecule has 1 aliphatic heterocycles. The fourth-order valence-electron chi connectivity index (χ4n) is 2.36. The average molecular weight is 250 g/mol. The summed E-state index contributed by atoms with van der Waals surface area (Å²) < 4.78 is 11.6. The lowest BCUT2D eigenvalue weighted by molar-refractivity contribution is 0.0767. The number of nitrogens with one attached hydrogen (secondary N) is 1. The van der Waals surface area contributed by atoms with Gasteiger partial charge in [-0.05, 0) is 32.8 Å². The molecule has 0 spiro atoms. The third-order valence-electron chi connectivity index (χ3n) is 3.13. The van der Waals surface area contributed by atoms with Crippen molar-refractivity contribution in [2.45, 2.75) is 44.9 Å². The van der Waals surface area contributed by atoms with E-state index in [-0.39, 0.29) is 18.2 Å². The molecule has 0 aromatic heterocycles. The molecule has 0 radical (unpaired) electrons. The second-order valence-electron chi connectivity index (χ2n) is 4.90. The maximum absolute atomic E-state index is 5.84. The van der Waals surface area contributed by atoms with Crippen molar-refractivity contribution in [2.24, 2.45) is 5.84 Å². The first-order chi connectivity index (χ1) is 8.72. The van der Waals surface area contributed by atoms with Gasteiger partial charge in [-0.1, -0.05) is 18.2 Å². The summed E-state index contributed by atoms with van der Waals surface area (Å²) in [5.74, 6) is 6.58. The average Bonchev–Trinajstić information content (AvgIpc) is 2.85. The molecule has 0 bridgehead atoms. The zero-order valence-electron chi connectivity index (χ0n) is 11.1. The fraction of sp³-hybridized carbons (Fsp3) is 0.571. The van der Waals surface area contributed by atoms with Gasteiger partial charge in [-0.15, -0.1) is 0 Å². The van der Waals surface area contributed by atoms with E-state index in [2.05, 4.69) is 5.43 Å². The molecule has 100 valence electrons. The first kappa shape index (κ1) is 13.3. The minimum absolute atomic E-state index is 0.0116. The lowest BCUT2D eigenvalue weighted by Crippen LogP contribution is -2.36. The van der Waals surface area contributed by atoms with Gasteiger partial charge in [-0.3, -0.25) is 11.3 Å². The lowest BCUT2D eigenvalue weighted by atomic mass is 9.99. The highest BCUT2D eigenvalue weighted by molar-refractivity contribution is 5.36. The quantitative estimate of drug-likeness (QED) is 0.621. The minimum Gasteiger partial charge on any atom is -0.491 e. The van der Waals surface area contributed by atoms with Gasteiger partial charge in [0.1, 0.15) is 5.75 Å². The summed E-state index contributed by atoms with van der Waals surface area (Å²) >= 11 is 0. The maximum Gasteiger partial charge on any atom is 0.124 e. The van der Waals surface area contributed by atoms with E-state index in [1.165, 1.54) is 0 Å². The number of rotatable bonds is 5. The fourth-order valence-corrected chi connectivity index (χ4v) is 2.36. The first-order valence-electron chi connectivity index (χ1n) is 6.55. The molecular weight excluding hydrogens is 228 g/mol. The van der Waals surface area contributed by atoms with Crippen molar-refractivity contribution in [3.63, 3.8) is 0 Å². The summed E-state index contributed by atoms with van der Waals surface area (Å²) in [6, 6.07) is 7.99. The Bertz CT molecular complexity index is 376. The zero-order valence-corrected chi connectivity index (χ0v) is 11.1. The van der Waals surface area contributed by atoms with Crippen LogP contribution in [0.3, 0.4) is 0 Å². The highest BCUT2D eigenvalue weighted by atomic mass is 16.5. The monoisotopic (exact) mass is 250 g/mol. The van der Waals surface area contributed by atoms with Crippen molar-refractivity contribution < 1.29 is 9.47 Å². The first-order valence-corrected chi connectivity index (χ1v) is 6.55. The highest BCUT2D eigenvalue weighted by Crippen LogP contribution is 2.32. The summed E-state index contributed by atoms with van der Waals surface area (Å²) in [5, 5.41) is 0. The van der Waals surface area contributed by atoms with E-state index in [1.54, 1.807) is 0 Å². The maximum atomic E-state index is 5.84. The Morgan fingerprint density at radius 2 is 2.17 bits per heavy atom. The normalized spacial score (nSPS) is 21.2. The number of para-hydroxylation sites is 1. The highest BCUT2D eigenvalue weighted by Gasteiger charge is 2.28. The van der Waals surface area contributed by atoms with Crippen LogP contribution in [0, 0.1) is 0 Å². The van der Waals surface area contributed by atoms with E-state index in [4.69, 9.17) is 15.3 Å². The van der Waals surface area contributed by atoms with E-state index in [9.17, 15) is 0 Å². The molecular formula is C14H22N2O2. The van der Waals surface area contributed by atoms with Crippen molar-refractivity contribution in [3.8, 4) is 5.75 Å². The SMILES string of the molecule is CC(C)Oc1ccccc1C(NN)C1CCCO1. The number of hydrogen-bond donors (Lipinski definition) is 2. The standard InChI is InChI=1S/C14H22N2O2/c1-10(2)18-12-7-4-3-6-11(12)14(16-15)13-8-5-9-17-13/h3-4,6-7,10,13-14,16H,5,8-9,15H2,1-2H3. The Labute approximate surface area is 108 Å². The van der Waals surface area contributed by atoms with E-state index < -0.39 is 0 Å². The van der Waals surface area contributed by atoms with Gasteiger partial charge in [-0.2, -0.15) is 0 Å². The van der Waals surface area contributed by atoms with Crippen molar-refractivity contribution in [3.05, 3.63) is 29.8 Å². The Morgan fingerprint density at radius 3 is 2.78 bits per heavy atom. The predicted molar refractivity (Wildman–Crippen MR) is 71.2 cm³/mol. The molecule has 0 aliphatic carbocycles. The molecule has 1 aliphatic rings. The number of benzene rings is 1. The van der Waals surface area contributed by atoms with Gasteiger partial charge in [0, 0.05) is 12.2 Å². The van der Waals surface area contributed by atoms with Crippen LogP contribution in [0.15, 0.2) is 24.3 Å². The molecule has 4 nitrogen and oxygen atoms in total. The van der Waals surface area contributed by atoms with Crippen LogP contribution in [0.5, 0.6) is 5.75 Å². The number of ether oxygens (including phenoxy) is 2. The van der Waals surface area contributed by atoms with Crippen LogP contribution >= 0.6 is 0 Å². The van der Waals surface area contributed by atoms with Crippen LogP contribution in [-0.4, -0.2) is 18.8 Å². The van der Waals surface area contributed by atoms with Crippen molar-refractivity contribution in [2.75, 3.05) is 6.61 Å². The van der Waals surface area contributed by atoms with Crippen LogP contribution < -0.4 is 16.0 Å². The topological polar surface area (TPSA) is 56.5 Å². The van der Waals surface area contributed by atoms with Gasteiger partial charge >= 0.3 is 0 Å². The molecule has 0 amide bonds. The van der Waals surface area contributed by atoms with Crippen molar-refractivity contribution in [1.29, 1.82) is 0 Å². The molecule has 1 heterocycles. The third-order valence-corrected chi connectivity index (χ3v) is 3.13. The summed E-state index contributed by atoms with van der Waals surface area (Å²) in [5.41, 5.74) is 3.94. The molecule has 3 N–H and O–H groups in total. The second kappa shape index (κ2) is 6.18. The minimum atomic E-state index is -0.0116. The van der Waals surface area contributed by atoms with Crippen LogP contribution in [0.2, 0.25) is 0 Å². The smallest absolute Gasteiger partial charge is 0.124 e. The van der Waals surface area contributed by atoms with Gasteiger partial charge < -0.3 is 9.47 Å². The van der Waals surface area contributed by atoms with Gasteiger partial charge in [0.15, 0.2) is 0 Å².